The number of rotatable bonds is 4. The lowest BCUT2D eigenvalue weighted by Gasteiger charge is -2.08. The van der Waals surface area contributed by atoms with Crippen molar-refractivity contribution >= 4 is 17.1 Å². The quantitative estimate of drug-likeness (QED) is 0.536. The summed E-state index contributed by atoms with van der Waals surface area (Å²) < 4.78 is 27.1. The molecule has 2 atom stereocenters. The molecular formula is C19H18FN7O3. The van der Waals surface area contributed by atoms with Crippen LogP contribution in [0.1, 0.15) is 35.7 Å². The fraction of sp³-hybridized carbons (Fsp3) is 0.316. The molecular weight excluding hydrogens is 393 g/mol. The third-order valence-electron chi connectivity index (χ3n) is 5.29. The zero-order valence-electron chi connectivity index (χ0n) is 16.0. The van der Waals surface area contributed by atoms with Gasteiger partial charge in [-0.2, -0.15) is 9.97 Å². The number of halogens is 1. The third kappa shape index (κ3) is 3.12. The van der Waals surface area contributed by atoms with Crippen molar-refractivity contribution in [1.29, 1.82) is 0 Å². The van der Waals surface area contributed by atoms with Crippen LogP contribution in [0, 0.1) is 5.82 Å². The predicted octanol–water partition coefficient (Wildman–Crippen LogP) is 1.53. The van der Waals surface area contributed by atoms with Gasteiger partial charge in [0.05, 0.1) is 12.7 Å². The molecule has 11 heteroatoms. The number of nitrogens with two attached hydrogens (primary N) is 1. The summed E-state index contributed by atoms with van der Waals surface area (Å²) in [5, 5.41) is 4.05. The SMILES string of the molecule is Cn1c(N)nc2ncn(Cc3nc([C@@H]4CO[C@@H](c5ccc(F)cc5)C4)no3)c(=O)c21. The van der Waals surface area contributed by atoms with Gasteiger partial charge in [-0.1, -0.05) is 17.3 Å². The van der Waals surface area contributed by atoms with Crippen LogP contribution < -0.4 is 11.3 Å². The lowest BCUT2D eigenvalue weighted by atomic mass is 10.00. The van der Waals surface area contributed by atoms with E-state index in [1.54, 1.807) is 19.2 Å². The monoisotopic (exact) mass is 411 g/mol. The highest BCUT2D eigenvalue weighted by Gasteiger charge is 2.31. The Labute approximate surface area is 169 Å². The lowest BCUT2D eigenvalue weighted by Crippen LogP contribution is -2.23. The maximum Gasteiger partial charge on any atom is 0.280 e. The van der Waals surface area contributed by atoms with Gasteiger partial charge >= 0.3 is 0 Å². The molecule has 30 heavy (non-hydrogen) atoms. The molecule has 1 aliphatic rings. The van der Waals surface area contributed by atoms with Crippen molar-refractivity contribution in [3.05, 3.63) is 64.0 Å². The van der Waals surface area contributed by atoms with Crippen LogP contribution in [0.3, 0.4) is 0 Å². The van der Waals surface area contributed by atoms with E-state index in [1.807, 2.05) is 0 Å². The first-order valence-electron chi connectivity index (χ1n) is 9.36. The van der Waals surface area contributed by atoms with Gasteiger partial charge in [0, 0.05) is 13.0 Å². The molecule has 0 bridgehead atoms. The number of aromatic nitrogens is 6. The zero-order chi connectivity index (χ0) is 20.8. The largest absolute Gasteiger partial charge is 0.373 e. The molecule has 0 spiro atoms. The van der Waals surface area contributed by atoms with E-state index in [9.17, 15) is 9.18 Å². The van der Waals surface area contributed by atoms with Gasteiger partial charge in [-0.25, -0.2) is 9.37 Å². The number of fused-ring (bicyclic) bond motifs is 1. The van der Waals surface area contributed by atoms with E-state index in [4.69, 9.17) is 15.0 Å². The van der Waals surface area contributed by atoms with Crippen molar-refractivity contribution < 1.29 is 13.7 Å². The first kappa shape index (κ1) is 18.4. The van der Waals surface area contributed by atoms with Crippen LogP contribution in [0.15, 0.2) is 39.9 Å². The van der Waals surface area contributed by atoms with E-state index < -0.39 is 0 Å². The summed E-state index contributed by atoms with van der Waals surface area (Å²) >= 11 is 0. The average Bonchev–Trinajstić information content (AvgIpc) is 3.45. The van der Waals surface area contributed by atoms with Crippen molar-refractivity contribution in [2.75, 3.05) is 12.3 Å². The maximum atomic E-state index is 13.1. The fourth-order valence-electron chi connectivity index (χ4n) is 3.62. The molecule has 0 aliphatic carbocycles. The number of imidazole rings is 1. The van der Waals surface area contributed by atoms with Crippen LogP contribution in [0.4, 0.5) is 10.3 Å². The van der Waals surface area contributed by atoms with Crippen LogP contribution in [0.5, 0.6) is 0 Å². The van der Waals surface area contributed by atoms with Crippen molar-refractivity contribution in [2.24, 2.45) is 7.05 Å². The number of hydrogen-bond acceptors (Lipinski definition) is 8. The molecule has 5 rings (SSSR count). The van der Waals surface area contributed by atoms with E-state index in [2.05, 4.69) is 20.1 Å². The summed E-state index contributed by atoms with van der Waals surface area (Å²) in [6.07, 6.45) is 1.89. The van der Waals surface area contributed by atoms with Crippen LogP contribution in [-0.2, 0) is 18.3 Å². The van der Waals surface area contributed by atoms with Crippen LogP contribution in [0.2, 0.25) is 0 Å². The lowest BCUT2D eigenvalue weighted by molar-refractivity contribution is 0.110. The fourth-order valence-corrected chi connectivity index (χ4v) is 3.62. The second-order valence-electron chi connectivity index (χ2n) is 7.23. The van der Waals surface area contributed by atoms with E-state index in [-0.39, 0.29) is 47.4 Å². The molecule has 1 aromatic carbocycles. The smallest absolute Gasteiger partial charge is 0.280 e. The van der Waals surface area contributed by atoms with Crippen molar-refractivity contribution in [2.45, 2.75) is 25.0 Å². The minimum absolute atomic E-state index is 0.0493. The summed E-state index contributed by atoms with van der Waals surface area (Å²) in [5.74, 6) is 0.680. The summed E-state index contributed by atoms with van der Waals surface area (Å²) in [5.41, 5.74) is 6.95. The van der Waals surface area contributed by atoms with Crippen LogP contribution in [-0.4, -0.2) is 35.8 Å². The highest BCUT2D eigenvalue weighted by Crippen LogP contribution is 2.37. The molecule has 1 saturated heterocycles. The van der Waals surface area contributed by atoms with Crippen molar-refractivity contribution in [3.8, 4) is 0 Å². The number of nitrogens with zero attached hydrogens (tertiary/aromatic N) is 6. The second kappa shape index (κ2) is 7.02. The first-order valence-corrected chi connectivity index (χ1v) is 9.36. The summed E-state index contributed by atoms with van der Waals surface area (Å²) in [6.45, 7) is 0.512. The van der Waals surface area contributed by atoms with E-state index in [0.717, 1.165) is 5.56 Å². The number of benzene rings is 1. The van der Waals surface area contributed by atoms with Crippen LogP contribution in [0.25, 0.3) is 11.2 Å². The van der Waals surface area contributed by atoms with Gasteiger partial charge in [-0.15, -0.1) is 0 Å². The summed E-state index contributed by atoms with van der Waals surface area (Å²) in [6, 6.07) is 6.25. The molecule has 1 aliphatic heterocycles. The average molecular weight is 411 g/mol. The Hall–Kier alpha value is -3.60. The highest BCUT2D eigenvalue weighted by atomic mass is 19.1. The van der Waals surface area contributed by atoms with Gasteiger partial charge in [0.1, 0.15) is 18.7 Å². The van der Waals surface area contributed by atoms with Crippen LogP contribution >= 0.6 is 0 Å². The molecule has 0 unspecified atom stereocenters. The topological polar surface area (TPSA) is 127 Å². The molecule has 4 heterocycles. The number of ether oxygens (including phenoxy) is 1. The molecule has 0 saturated carbocycles. The second-order valence-corrected chi connectivity index (χ2v) is 7.23. The number of hydrogen-bond donors (Lipinski definition) is 1. The highest BCUT2D eigenvalue weighted by molar-refractivity contribution is 5.72. The summed E-state index contributed by atoms with van der Waals surface area (Å²) in [7, 11) is 1.65. The standard InChI is InChI=1S/C19H18FN7O3/c1-26-15-17(24-19(26)21)22-9-27(18(15)28)7-14-23-16(25-30-14)11-6-13(29-8-11)10-2-4-12(20)5-3-10/h2-5,9,11,13H,6-8H2,1H3,(H2,21,24)/t11-,13+/m0/s1. The van der Waals surface area contributed by atoms with E-state index >= 15 is 0 Å². The molecule has 1 fully saturated rings. The minimum atomic E-state index is -0.299. The van der Waals surface area contributed by atoms with Crippen molar-refractivity contribution in [1.82, 2.24) is 29.2 Å². The van der Waals surface area contributed by atoms with Gasteiger partial charge in [-0.05, 0) is 24.1 Å². The van der Waals surface area contributed by atoms with Gasteiger partial charge in [0.15, 0.2) is 17.0 Å². The third-order valence-corrected chi connectivity index (χ3v) is 5.29. The molecule has 4 aromatic rings. The van der Waals surface area contributed by atoms with Crippen molar-refractivity contribution in [3.63, 3.8) is 0 Å². The van der Waals surface area contributed by atoms with Gasteiger partial charge in [0.2, 0.25) is 11.8 Å². The van der Waals surface area contributed by atoms with Gasteiger partial charge in [0.25, 0.3) is 5.56 Å². The molecule has 3 aromatic heterocycles. The maximum absolute atomic E-state index is 13.1. The zero-order valence-corrected chi connectivity index (χ0v) is 16.0. The molecule has 2 N–H and O–H groups in total. The number of anilines is 1. The number of nitrogen functional groups attached to an aromatic ring is 1. The normalized spacial score (nSPS) is 19.0. The number of aryl methyl sites for hydroxylation is 1. The molecule has 0 amide bonds. The Morgan fingerprint density at radius 1 is 1.27 bits per heavy atom. The Balaban J connectivity index is 1.33. The Morgan fingerprint density at radius 2 is 2.07 bits per heavy atom. The van der Waals surface area contributed by atoms with Gasteiger partial charge < -0.3 is 19.6 Å². The Morgan fingerprint density at radius 3 is 2.87 bits per heavy atom. The summed E-state index contributed by atoms with van der Waals surface area (Å²) in [4.78, 5) is 25.4. The molecule has 10 nitrogen and oxygen atoms in total. The Bertz CT molecular complexity index is 1280. The first-order chi connectivity index (χ1) is 14.5. The minimum Gasteiger partial charge on any atom is -0.373 e. The molecule has 0 radical (unpaired) electrons. The van der Waals surface area contributed by atoms with Gasteiger partial charge in [-0.3, -0.25) is 9.36 Å². The predicted molar refractivity (Wildman–Crippen MR) is 103 cm³/mol. The molecule has 154 valence electrons. The van der Waals surface area contributed by atoms with E-state index in [1.165, 1.54) is 27.6 Å². The Kier molecular flexibility index (Phi) is 4.31. The van der Waals surface area contributed by atoms with E-state index in [0.29, 0.717) is 24.4 Å².